The normalized spacial score (nSPS) is 17.8. The molecule has 0 saturated carbocycles. The third-order valence-electron chi connectivity index (χ3n) is 5.40. The largest absolute Gasteiger partial charge is 0.357 e. The lowest BCUT2D eigenvalue weighted by molar-refractivity contribution is 0.329. The van der Waals surface area contributed by atoms with Crippen LogP contribution in [0, 0.1) is 5.92 Å². The smallest absolute Gasteiger partial charge is 0.193 e. The molecule has 0 bridgehead atoms. The average Bonchev–Trinajstić information content (AvgIpc) is 3.40. The number of aliphatic imine (C=N–C) groups is 1. The van der Waals surface area contributed by atoms with Gasteiger partial charge in [-0.25, -0.2) is 0 Å². The molecule has 1 aromatic heterocycles. The number of rotatable bonds is 9. The van der Waals surface area contributed by atoms with E-state index in [1.807, 2.05) is 11.3 Å². The van der Waals surface area contributed by atoms with E-state index in [1.54, 1.807) is 0 Å². The van der Waals surface area contributed by atoms with Crippen LogP contribution in [0.3, 0.4) is 0 Å². The second-order valence-electron chi connectivity index (χ2n) is 7.64. The second-order valence-corrected chi connectivity index (χ2v) is 8.67. The molecule has 1 N–H and O–H groups in total. The van der Waals surface area contributed by atoms with Crippen molar-refractivity contribution in [3.05, 3.63) is 58.3 Å². The summed E-state index contributed by atoms with van der Waals surface area (Å²) in [5, 5.41) is 5.61. The summed E-state index contributed by atoms with van der Waals surface area (Å²) >= 11 is 1.83. The average molecular weight is 399 g/mol. The van der Waals surface area contributed by atoms with E-state index < -0.39 is 0 Å². The lowest BCUT2D eigenvalue weighted by Crippen LogP contribution is -2.40. The number of thiophene rings is 1. The predicted molar refractivity (Wildman–Crippen MR) is 121 cm³/mol. The molecule has 1 saturated heterocycles. The molecule has 2 heterocycles. The van der Waals surface area contributed by atoms with E-state index in [9.17, 15) is 0 Å². The molecule has 2 aromatic rings. The Hall–Kier alpha value is -1.85. The standard InChI is InChI=1S/C23H34N4S/c1-3-24-23(26(2)14-13-22-10-7-17-28-22)25-18-21-12-16-27(19-21)15-11-20-8-5-4-6-9-20/h4-10,17,21H,3,11-16,18-19H2,1-2H3,(H,24,25). The summed E-state index contributed by atoms with van der Waals surface area (Å²) in [5.41, 5.74) is 1.44. The molecule has 1 aromatic carbocycles. The van der Waals surface area contributed by atoms with Crippen molar-refractivity contribution < 1.29 is 0 Å². The highest BCUT2D eigenvalue weighted by Gasteiger charge is 2.22. The summed E-state index contributed by atoms with van der Waals surface area (Å²) < 4.78 is 0. The van der Waals surface area contributed by atoms with Crippen molar-refractivity contribution >= 4 is 17.3 Å². The van der Waals surface area contributed by atoms with Gasteiger partial charge in [0.2, 0.25) is 0 Å². The van der Waals surface area contributed by atoms with Crippen LogP contribution in [0.25, 0.3) is 0 Å². The minimum absolute atomic E-state index is 0.676. The van der Waals surface area contributed by atoms with Crippen LogP contribution in [0.5, 0.6) is 0 Å². The molecule has 1 fully saturated rings. The van der Waals surface area contributed by atoms with Gasteiger partial charge in [0, 0.05) is 44.6 Å². The number of likely N-dealkylation sites (tertiary alicyclic amines) is 1. The van der Waals surface area contributed by atoms with E-state index >= 15 is 0 Å². The van der Waals surface area contributed by atoms with Crippen molar-refractivity contribution in [1.82, 2.24) is 15.1 Å². The zero-order valence-corrected chi connectivity index (χ0v) is 18.1. The Morgan fingerprint density at radius 1 is 1.21 bits per heavy atom. The second kappa shape index (κ2) is 11.2. The Morgan fingerprint density at radius 3 is 2.82 bits per heavy atom. The van der Waals surface area contributed by atoms with Crippen LogP contribution in [0.15, 0.2) is 52.8 Å². The van der Waals surface area contributed by atoms with Gasteiger partial charge in [0.05, 0.1) is 0 Å². The molecule has 0 radical (unpaired) electrons. The van der Waals surface area contributed by atoms with Gasteiger partial charge in [-0.3, -0.25) is 4.99 Å². The Labute approximate surface area is 174 Å². The van der Waals surface area contributed by atoms with Crippen LogP contribution in [0.1, 0.15) is 23.8 Å². The number of nitrogens with zero attached hydrogens (tertiary/aromatic N) is 3. The fourth-order valence-corrected chi connectivity index (χ4v) is 4.42. The molecular weight excluding hydrogens is 364 g/mol. The summed E-state index contributed by atoms with van der Waals surface area (Å²) in [5.74, 6) is 1.72. The van der Waals surface area contributed by atoms with Crippen molar-refractivity contribution in [3.63, 3.8) is 0 Å². The summed E-state index contributed by atoms with van der Waals surface area (Å²) in [4.78, 5) is 11.3. The molecule has 5 heteroatoms. The van der Waals surface area contributed by atoms with Crippen LogP contribution in [0.4, 0.5) is 0 Å². The Balaban J connectivity index is 1.43. The van der Waals surface area contributed by atoms with Gasteiger partial charge in [-0.15, -0.1) is 11.3 Å². The topological polar surface area (TPSA) is 30.9 Å². The van der Waals surface area contributed by atoms with E-state index in [2.05, 4.69) is 76.9 Å². The highest BCUT2D eigenvalue weighted by Crippen LogP contribution is 2.17. The van der Waals surface area contributed by atoms with Crippen molar-refractivity contribution in [2.24, 2.45) is 10.9 Å². The first kappa shape index (κ1) is 20.9. The van der Waals surface area contributed by atoms with E-state index in [0.29, 0.717) is 5.92 Å². The number of guanidine groups is 1. The third-order valence-corrected chi connectivity index (χ3v) is 6.34. The molecule has 28 heavy (non-hydrogen) atoms. The monoisotopic (exact) mass is 398 g/mol. The molecule has 0 aliphatic carbocycles. The van der Waals surface area contributed by atoms with Gasteiger partial charge in [-0.2, -0.15) is 0 Å². The van der Waals surface area contributed by atoms with Crippen molar-refractivity contribution in [2.75, 3.05) is 46.3 Å². The molecule has 3 rings (SSSR count). The van der Waals surface area contributed by atoms with Crippen molar-refractivity contribution in [3.8, 4) is 0 Å². The molecule has 1 aliphatic rings. The van der Waals surface area contributed by atoms with E-state index in [-0.39, 0.29) is 0 Å². The molecule has 4 nitrogen and oxygen atoms in total. The zero-order valence-electron chi connectivity index (χ0n) is 17.3. The number of benzene rings is 1. The van der Waals surface area contributed by atoms with Gasteiger partial charge >= 0.3 is 0 Å². The number of hydrogen-bond donors (Lipinski definition) is 1. The highest BCUT2D eigenvalue weighted by atomic mass is 32.1. The van der Waals surface area contributed by atoms with E-state index in [0.717, 1.165) is 45.0 Å². The first-order valence-corrected chi connectivity index (χ1v) is 11.4. The summed E-state index contributed by atoms with van der Waals surface area (Å²) in [6.45, 7) is 8.52. The third kappa shape index (κ3) is 6.64. The van der Waals surface area contributed by atoms with Crippen LogP contribution in [-0.2, 0) is 12.8 Å². The molecule has 0 spiro atoms. The molecule has 1 atom stereocenters. The van der Waals surface area contributed by atoms with Gasteiger partial charge in [0.1, 0.15) is 0 Å². The lowest BCUT2D eigenvalue weighted by Gasteiger charge is -2.22. The maximum atomic E-state index is 4.96. The van der Waals surface area contributed by atoms with Crippen LogP contribution < -0.4 is 5.32 Å². The van der Waals surface area contributed by atoms with Gasteiger partial charge in [0.25, 0.3) is 0 Å². The number of likely N-dealkylation sites (N-methyl/N-ethyl adjacent to an activating group) is 1. The van der Waals surface area contributed by atoms with Crippen LogP contribution >= 0.6 is 11.3 Å². The van der Waals surface area contributed by atoms with Crippen LogP contribution in [0.2, 0.25) is 0 Å². The molecule has 1 unspecified atom stereocenters. The van der Waals surface area contributed by atoms with Gasteiger partial charge < -0.3 is 15.1 Å². The zero-order chi connectivity index (χ0) is 19.6. The Kier molecular flexibility index (Phi) is 8.37. The van der Waals surface area contributed by atoms with E-state index in [4.69, 9.17) is 4.99 Å². The maximum absolute atomic E-state index is 4.96. The minimum Gasteiger partial charge on any atom is -0.357 e. The van der Waals surface area contributed by atoms with Gasteiger partial charge in [-0.1, -0.05) is 36.4 Å². The number of nitrogens with one attached hydrogen (secondary N) is 1. The SMILES string of the molecule is CCNC(=NCC1CCN(CCc2ccccc2)C1)N(C)CCc1cccs1. The quantitative estimate of drug-likeness (QED) is 0.515. The number of hydrogen-bond acceptors (Lipinski definition) is 3. The molecular formula is C23H34N4S. The summed E-state index contributed by atoms with van der Waals surface area (Å²) in [6, 6.07) is 15.2. The van der Waals surface area contributed by atoms with Crippen LogP contribution in [-0.4, -0.2) is 62.1 Å². The van der Waals surface area contributed by atoms with E-state index in [1.165, 1.54) is 30.0 Å². The van der Waals surface area contributed by atoms with Crippen molar-refractivity contribution in [2.45, 2.75) is 26.2 Å². The fraction of sp³-hybridized carbons (Fsp3) is 0.522. The first-order valence-electron chi connectivity index (χ1n) is 10.5. The van der Waals surface area contributed by atoms with Gasteiger partial charge in [0.15, 0.2) is 5.96 Å². The first-order chi connectivity index (χ1) is 13.7. The summed E-state index contributed by atoms with van der Waals surface area (Å²) in [6.07, 6.45) is 3.48. The molecule has 1 aliphatic heterocycles. The minimum atomic E-state index is 0.676. The highest BCUT2D eigenvalue weighted by molar-refractivity contribution is 7.09. The fourth-order valence-electron chi connectivity index (χ4n) is 3.72. The molecule has 152 valence electrons. The lowest BCUT2D eigenvalue weighted by atomic mass is 10.1. The summed E-state index contributed by atoms with van der Waals surface area (Å²) in [7, 11) is 2.15. The predicted octanol–water partition coefficient (Wildman–Crippen LogP) is 3.75. The Bertz CT molecular complexity index is 699. The molecule has 0 amide bonds. The van der Waals surface area contributed by atoms with Gasteiger partial charge in [-0.05, 0) is 55.7 Å². The Morgan fingerprint density at radius 2 is 2.07 bits per heavy atom. The van der Waals surface area contributed by atoms with Crippen molar-refractivity contribution in [1.29, 1.82) is 0 Å². The maximum Gasteiger partial charge on any atom is 0.193 e.